The van der Waals surface area contributed by atoms with E-state index in [-0.39, 0.29) is 34.9 Å². The van der Waals surface area contributed by atoms with Gasteiger partial charge in [0.15, 0.2) is 0 Å². The predicted octanol–water partition coefficient (Wildman–Crippen LogP) is 4.03. The molecule has 0 spiro atoms. The van der Waals surface area contributed by atoms with E-state index in [0.29, 0.717) is 5.92 Å². The lowest BCUT2D eigenvalue weighted by Gasteiger charge is -2.38. The lowest BCUT2D eigenvalue weighted by molar-refractivity contribution is -0.159. The van der Waals surface area contributed by atoms with E-state index < -0.39 is 11.6 Å². The first-order chi connectivity index (χ1) is 10.4. The normalized spacial score (nSPS) is 31.7. The maximum absolute atomic E-state index is 12.2. The maximum Gasteiger partial charge on any atom is 0.334 e. The third-order valence-electron chi connectivity index (χ3n) is 6.03. The molecule has 0 saturated heterocycles. The standard InChI is InChI=1S/C19H30O4/c1-12(16(21)23-17(2,3)4)10-15(20)22-14-11-13-8-9-19(14,7)18(13,5)6/h13-14H,1,8-11H2,2-7H3/t13-,14-,19+/m1/s1. The second-order valence-electron chi connectivity index (χ2n) is 8.87. The van der Waals surface area contributed by atoms with Gasteiger partial charge in [0.2, 0.25) is 0 Å². The fourth-order valence-corrected chi connectivity index (χ4v) is 4.11. The molecule has 4 heteroatoms. The van der Waals surface area contributed by atoms with Crippen molar-refractivity contribution in [1.82, 2.24) is 0 Å². The van der Waals surface area contributed by atoms with Crippen molar-refractivity contribution in [1.29, 1.82) is 0 Å². The molecule has 2 aliphatic carbocycles. The van der Waals surface area contributed by atoms with Crippen molar-refractivity contribution in [2.24, 2.45) is 16.7 Å². The Hall–Kier alpha value is -1.32. The Kier molecular flexibility index (Phi) is 4.42. The highest BCUT2D eigenvalue weighted by Crippen LogP contribution is 2.66. The van der Waals surface area contributed by atoms with E-state index in [9.17, 15) is 9.59 Å². The molecule has 2 bridgehead atoms. The molecule has 0 unspecified atom stereocenters. The van der Waals surface area contributed by atoms with Crippen LogP contribution in [0.4, 0.5) is 0 Å². The van der Waals surface area contributed by atoms with Gasteiger partial charge in [-0.25, -0.2) is 4.79 Å². The topological polar surface area (TPSA) is 52.6 Å². The van der Waals surface area contributed by atoms with Crippen LogP contribution in [0.2, 0.25) is 0 Å². The van der Waals surface area contributed by atoms with Crippen LogP contribution < -0.4 is 0 Å². The van der Waals surface area contributed by atoms with E-state index >= 15 is 0 Å². The van der Waals surface area contributed by atoms with Gasteiger partial charge >= 0.3 is 11.9 Å². The lowest BCUT2D eigenvalue weighted by Crippen LogP contribution is -2.38. The van der Waals surface area contributed by atoms with Crippen LogP contribution in [0, 0.1) is 16.7 Å². The molecular formula is C19H30O4. The molecule has 2 saturated carbocycles. The van der Waals surface area contributed by atoms with E-state index in [0.717, 1.165) is 12.8 Å². The van der Waals surface area contributed by atoms with Gasteiger partial charge in [-0.15, -0.1) is 0 Å². The Morgan fingerprint density at radius 2 is 1.83 bits per heavy atom. The summed E-state index contributed by atoms with van der Waals surface area (Å²) in [5.41, 5.74) is -0.218. The van der Waals surface area contributed by atoms with E-state index in [1.807, 2.05) is 0 Å². The smallest absolute Gasteiger partial charge is 0.334 e. The van der Waals surface area contributed by atoms with Gasteiger partial charge in [-0.1, -0.05) is 27.4 Å². The molecule has 0 aromatic rings. The first-order valence-corrected chi connectivity index (χ1v) is 8.47. The number of esters is 2. The van der Waals surface area contributed by atoms with Crippen LogP contribution >= 0.6 is 0 Å². The highest BCUT2D eigenvalue weighted by molar-refractivity contribution is 5.93. The fraction of sp³-hybridized carbons (Fsp3) is 0.789. The number of carbonyl (C=O) groups is 2. The highest BCUT2D eigenvalue weighted by atomic mass is 16.6. The Labute approximate surface area is 139 Å². The van der Waals surface area contributed by atoms with Gasteiger partial charge in [0.1, 0.15) is 11.7 Å². The molecule has 0 aromatic carbocycles. The molecular weight excluding hydrogens is 292 g/mol. The van der Waals surface area contributed by atoms with Crippen molar-refractivity contribution in [3.05, 3.63) is 12.2 Å². The van der Waals surface area contributed by atoms with Crippen LogP contribution in [0.5, 0.6) is 0 Å². The number of rotatable bonds is 4. The molecule has 2 fully saturated rings. The molecule has 2 aliphatic rings. The van der Waals surface area contributed by atoms with Gasteiger partial charge in [0.05, 0.1) is 6.42 Å². The number of ether oxygens (including phenoxy) is 2. The van der Waals surface area contributed by atoms with Crippen molar-refractivity contribution in [2.75, 3.05) is 0 Å². The molecule has 23 heavy (non-hydrogen) atoms. The molecule has 0 amide bonds. The Morgan fingerprint density at radius 1 is 1.22 bits per heavy atom. The van der Waals surface area contributed by atoms with Crippen LogP contribution in [0.15, 0.2) is 12.2 Å². The summed E-state index contributed by atoms with van der Waals surface area (Å²) in [7, 11) is 0. The van der Waals surface area contributed by atoms with E-state index in [1.54, 1.807) is 20.8 Å². The van der Waals surface area contributed by atoms with Crippen LogP contribution in [0.3, 0.4) is 0 Å². The molecule has 4 nitrogen and oxygen atoms in total. The monoisotopic (exact) mass is 322 g/mol. The van der Waals surface area contributed by atoms with Gasteiger partial charge in [-0.05, 0) is 51.4 Å². The van der Waals surface area contributed by atoms with Crippen molar-refractivity contribution in [3.63, 3.8) is 0 Å². The third-order valence-corrected chi connectivity index (χ3v) is 6.03. The molecule has 0 aliphatic heterocycles. The van der Waals surface area contributed by atoms with Crippen LogP contribution in [-0.2, 0) is 19.1 Å². The summed E-state index contributed by atoms with van der Waals surface area (Å²) >= 11 is 0. The highest BCUT2D eigenvalue weighted by Gasteiger charge is 2.62. The van der Waals surface area contributed by atoms with Crippen molar-refractivity contribution in [3.8, 4) is 0 Å². The van der Waals surface area contributed by atoms with E-state index in [2.05, 4.69) is 27.4 Å². The van der Waals surface area contributed by atoms with Crippen LogP contribution in [-0.4, -0.2) is 23.6 Å². The van der Waals surface area contributed by atoms with E-state index in [4.69, 9.17) is 9.47 Å². The minimum absolute atomic E-state index is 0.0284. The van der Waals surface area contributed by atoms with Crippen LogP contribution in [0.1, 0.15) is 67.2 Å². The number of fused-ring (bicyclic) bond motifs is 2. The first kappa shape index (κ1) is 18.0. The Morgan fingerprint density at radius 3 is 2.26 bits per heavy atom. The van der Waals surface area contributed by atoms with Gasteiger partial charge in [-0.3, -0.25) is 4.79 Å². The van der Waals surface area contributed by atoms with Crippen molar-refractivity contribution >= 4 is 11.9 Å². The summed E-state index contributed by atoms with van der Waals surface area (Å²) in [6.45, 7) is 15.8. The molecule has 0 N–H and O–H groups in total. The van der Waals surface area contributed by atoms with Crippen LogP contribution in [0.25, 0.3) is 0 Å². The number of hydrogen-bond donors (Lipinski definition) is 0. The van der Waals surface area contributed by atoms with Crippen molar-refractivity contribution in [2.45, 2.75) is 78.9 Å². The van der Waals surface area contributed by atoms with E-state index in [1.165, 1.54) is 6.42 Å². The Balaban J connectivity index is 1.92. The zero-order valence-corrected chi connectivity index (χ0v) is 15.3. The van der Waals surface area contributed by atoms with Gasteiger partial charge < -0.3 is 9.47 Å². The zero-order valence-electron chi connectivity index (χ0n) is 15.3. The second-order valence-corrected chi connectivity index (χ2v) is 8.87. The predicted molar refractivity (Wildman–Crippen MR) is 88.7 cm³/mol. The van der Waals surface area contributed by atoms with Gasteiger partial charge in [0, 0.05) is 11.0 Å². The quantitative estimate of drug-likeness (QED) is 0.579. The lowest BCUT2D eigenvalue weighted by atomic mass is 9.70. The van der Waals surface area contributed by atoms with Gasteiger partial charge in [0.25, 0.3) is 0 Å². The molecule has 130 valence electrons. The summed E-state index contributed by atoms with van der Waals surface area (Å²) in [4.78, 5) is 24.1. The molecule has 3 atom stereocenters. The molecule has 0 heterocycles. The number of hydrogen-bond acceptors (Lipinski definition) is 4. The molecule has 0 aromatic heterocycles. The minimum atomic E-state index is -0.591. The first-order valence-electron chi connectivity index (χ1n) is 8.47. The average molecular weight is 322 g/mol. The minimum Gasteiger partial charge on any atom is -0.462 e. The number of carbonyl (C=O) groups excluding carboxylic acids is 2. The molecule has 0 radical (unpaired) electrons. The maximum atomic E-state index is 12.2. The summed E-state index contributed by atoms with van der Waals surface area (Å²) in [6.07, 6.45) is 3.06. The van der Waals surface area contributed by atoms with Gasteiger partial charge in [-0.2, -0.15) is 0 Å². The largest absolute Gasteiger partial charge is 0.462 e. The summed E-state index contributed by atoms with van der Waals surface area (Å²) in [6, 6.07) is 0. The summed E-state index contributed by atoms with van der Waals surface area (Å²) < 4.78 is 11.0. The fourth-order valence-electron chi connectivity index (χ4n) is 4.11. The summed E-state index contributed by atoms with van der Waals surface area (Å²) in [5, 5.41) is 0. The average Bonchev–Trinajstić information content (AvgIpc) is 2.69. The third kappa shape index (κ3) is 3.31. The second kappa shape index (κ2) is 5.64. The SMILES string of the molecule is C=C(CC(=O)O[C@@H]1C[C@H]2CC[C@]1(C)C2(C)C)C(=O)OC(C)(C)C. The molecule has 2 rings (SSSR count). The van der Waals surface area contributed by atoms with Crippen molar-refractivity contribution < 1.29 is 19.1 Å². The summed E-state index contributed by atoms with van der Waals surface area (Å²) in [5.74, 6) is -0.302. The Bertz CT molecular complexity index is 526. The zero-order chi connectivity index (χ0) is 17.6.